The van der Waals surface area contributed by atoms with Gasteiger partial charge >= 0.3 is 0 Å². The summed E-state index contributed by atoms with van der Waals surface area (Å²) < 4.78 is 0. The zero-order valence-electron chi connectivity index (χ0n) is 7.11. The lowest BCUT2D eigenvalue weighted by Crippen LogP contribution is -2.43. The Kier molecular flexibility index (Phi) is 2.03. The van der Waals surface area contributed by atoms with Gasteiger partial charge in [0.25, 0.3) is 0 Å². The second kappa shape index (κ2) is 3.04. The normalized spacial score (nSPS) is 37.7. The molecule has 3 nitrogen and oxygen atoms in total. The third-order valence-corrected chi connectivity index (χ3v) is 2.84. The highest BCUT2D eigenvalue weighted by molar-refractivity contribution is 4.97. The zero-order valence-corrected chi connectivity index (χ0v) is 7.11. The molecule has 12 heavy (non-hydrogen) atoms. The van der Waals surface area contributed by atoms with Gasteiger partial charge in [-0.25, -0.2) is 0 Å². The van der Waals surface area contributed by atoms with Gasteiger partial charge in [0.1, 0.15) is 0 Å². The van der Waals surface area contributed by atoms with Crippen LogP contribution in [0.15, 0.2) is 0 Å². The van der Waals surface area contributed by atoms with Gasteiger partial charge in [-0.05, 0) is 19.3 Å². The fraction of sp³-hybridized carbons (Fsp3) is 0.889. The minimum absolute atomic E-state index is 0.153. The van der Waals surface area contributed by atoms with Gasteiger partial charge in [0.15, 0.2) is 0 Å². The predicted molar refractivity (Wildman–Crippen MR) is 44.3 cm³/mol. The number of piperidine rings is 1. The summed E-state index contributed by atoms with van der Waals surface area (Å²) >= 11 is 0. The molecule has 0 amide bonds. The molecule has 3 heteroatoms. The molecule has 0 aromatic carbocycles. The Morgan fingerprint density at radius 3 is 2.67 bits per heavy atom. The Balaban J connectivity index is 1.93. The maximum Gasteiger partial charge on any atom is 0.0849 e. The van der Waals surface area contributed by atoms with Crippen molar-refractivity contribution in [2.45, 2.75) is 31.4 Å². The van der Waals surface area contributed by atoms with Crippen molar-refractivity contribution in [1.29, 1.82) is 5.26 Å². The highest BCUT2D eigenvalue weighted by atomic mass is 16.3. The van der Waals surface area contributed by atoms with E-state index in [1.165, 1.54) is 12.8 Å². The van der Waals surface area contributed by atoms with Gasteiger partial charge in [-0.3, -0.25) is 4.90 Å². The van der Waals surface area contributed by atoms with Crippen molar-refractivity contribution < 1.29 is 5.11 Å². The maximum atomic E-state index is 9.44. The van der Waals surface area contributed by atoms with Gasteiger partial charge in [-0.15, -0.1) is 0 Å². The first-order valence-corrected chi connectivity index (χ1v) is 4.63. The topological polar surface area (TPSA) is 47.3 Å². The minimum Gasteiger partial charge on any atom is -0.392 e. The third kappa shape index (κ3) is 1.45. The fourth-order valence-electron chi connectivity index (χ4n) is 1.86. The molecular weight excluding hydrogens is 152 g/mol. The molecule has 1 N–H and O–H groups in total. The van der Waals surface area contributed by atoms with E-state index in [1.54, 1.807) is 0 Å². The molecule has 1 heterocycles. The van der Waals surface area contributed by atoms with Crippen LogP contribution in [0, 0.1) is 17.2 Å². The number of hydrogen-bond acceptors (Lipinski definition) is 3. The maximum absolute atomic E-state index is 9.44. The standard InChI is InChI=1S/C9H14N2O/c10-5-7-6-11(8-1-2-8)4-3-9(7)12/h7-9,12H,1-4,6H2. The summed E-state index contributed by atoms with van der Waals surface area (Å²) in [4.78, 5) is 2.35. The molecule has 2 aliphatic rings. The largest absolute Gasteiger partial charge is 0.392 e. The summed E-state index contributed by atoms with van der Waals surface area (Å²) in [6.07, 6.45) is 2.96. The van der Waals surface area contributed by atoms with Crippen molar-refractivity contribution in [3.8, 4) is 6.07 Å². The molecule has 2 rings (SSSR count). The number of aliphatic hydroxyl groups is 1. The van der Waals surface area contributed by atoms with Crippen LogP contribution >= 0.6 is 0 Å². The molecular formula is C9H14N2O. The van der Waals surface area contributed by atoms with E-state index in [4.69, 9.17) is 5.26 Å². The number of hydrogen-bond donors (Lipinski definition) is 1. The molecule has 2 unspecified atom stereocenters. The van der Waals surface area contributed by atoms with Gasteiger partial charge in [0.2, 0.25) is 0 Å². The van der Waals surface area contributed by atoms with E-state index in [1.807, 2.05) is 0 Å². The number of nitrogens with zero attached hydrogens (tertiary/aromatic N) is 2. The van der Waals surface area contributed by atoms with Gasteiger partial charge in [0, 0.05) is 19.1 Å². The number of likely N-dealkylation sites (tertiary alicyclic amines) is 1. The van der Waals surface area contributed by atoms with Crippen LogP contribution < -0.4 is 0 Å². The Morgan fingerprint density at radius 2 is 2.08 bits per heavy atom. The summed E-state index contributed by atoms with van der Waals surface area (Å²) in [6.45, 7) is 1.76. The zero-order chi connectivity index (χ0) is 8.55. The second-order valence-corrected chi connectivity index (χ2v) is 3.82. The average molecular weight is 166 g/mol. The predicted octanol–water partition coefficient (Wildman–Crippen LogP) is 0.355. The molecule has 2 fully saturated rings. The Bertz CT molecular complexity index is 207. The van der Waals surface area contributed by atoms with Gasteiger partial charge in [-0.1, -0.05) is 0 Å². The van der Waals surface area contributed by atoms with Crippen LogP contribution in [0.1, 0.15) is 19.3 Å². The summed E-state index contributed by atoms with van der Waals surface area (Å²) in [5, 5.41) is 18.2. The molecule has 1 saturated heterocycles. The van der Waals surface area contributed by atoms with Crippen LogP contribution in [-0.4, -0.2) is 35.2 Å². The molecule has 0 spiro atoms. The Morgan fingerprint density at radius 1 is 1.33 bits per heavy atom. The molecule has 66 valence electrons. The van der Waals surface area contributed by atoms with Crippen LogP contribution in [0.5, 0.6) is 0 Å². The van der Waals surface area contributed by atoms with Crippen molar-refractivity contribution in [3.05, 3.63) is 0 Å². The van der Waals surface area contributed by atoms with Crippen LogP contribution in [0.2, 0.25) is 0 Å². The first kappa shape index (κ1) is 8.03. The molecule has 0 aromatic heterocycles. The van der Waals surface area contributed by atoms with E-state index in [0.717, 1.165) is 25.6 Å². The lowest BCUT2D eigenvalue weighted by atomic mass is 9.96. The van der Waals surface area contributed by atoms with E-state index in [-0.39, 0.29) is 12.0 Å². The summed E-state index contributed by atoms with van der Waals surface area (Å²) in [7, 11) is 0. The first-order valence-electron chi connectivity index (χ1n) is 4.63. The third-order valence-electron chi connectivity index (χ3n) is 2.84. The molecule has 1 aliphatic carbocycles. The summed E-state index contributed by atoms with van der Waals surface area (Å²) in [5.41, 5.74) is 0. The van der Waals surface area contributed by atoms with Gasteiger partial charge in [-0.2, -0.15) is 5.26 Å². The van der Waals surface area contributed by atoms with Crippen LogP contribution in [0.4, 0.5) is 0 Å². The van der Waals surface area contributed by atoms with Crippen molar-refractivity contribution in [3.63, 3.8) is 0 Å². The quantitative estimate of drug-likeness (QED) is 0.611. The van der Waals surface area contributed by atoms with Crippen LogP contribution in [0.3, 0.4) is 0 Å². The van der Waals surface area contributed by atoms with Gasteiger partial charge in [0.05, 0.1) is 18.1 Å². The molecule has 1 aliphatic heterocycles. The monoisotopic (exact) mass is 166 g/mol. The summed E-state index contributed by atoms with van der Waals surface area (Å²) in [6, 6.07) is 2.90. The molecule has 0 bridgehead atoms. The van der Waals surface area contributed by atoms with Crippen molar-refractivity contribution >= 4 is 0 Å². The van der Waals surface area contributed by atoms with E-state index < -0.39 is 0 Å². The smallest absolute Gasteiger partial charge is 0.0849 e. The van der Waals surface area contributed by atoms with Crippen molar-refractivity contribution in [1.82, 2.24) is 4.90 Å². The average Bonchev–Trinajstić information content (AvgIpc) is 2.88. The molecule has 0 aromatic rings. The second-order valence-electron chi connectivity index (χ2n) is 3.82. The number of rotatable bonds is 1. The van der Waals surface area contributed by atoms with Crippen LogP contribution in [-0.2, 0) is 0 Å². The molecule has 0 radical (unpaired) electrons. The summed E-state index contributed by atoms with van der Waals surface area (Å²) in [5.74, 6) is -0.153. The minimum atomic E-state index is -0.384. The lowest BCUT2D eigenvalue weighted by molar-refractivity contribution is 0.0471. The number of aliphatic hydroxyl groups excluding tert-OH is 1. The van der Waals surface area contributed by atoms with E-state index >= 15 is 0 Å². The SMILES string of the molecule is N#CC1CN(C2CC2)CCC1O. The first-order chi connectivity index (χ1) is 5.81. The number of nitriles is 1. The highest BCUT2D eigenvalue weighted by Crippen LogP contribution is 2.30. The van der Waals surface area contributed by atoms with Gasteiger partial charge < -0.3 is 5.11 Å². The highest BCUT2D eigenvalue weighted by Gasteiger charge is 2.35. The van der Waals surface area contributed by atoms with Crippen LogP contribution in [0.25, 0.3) is 0 Å². The van der Waals surface area contributed by atoms with Crippen molar-refractivity contribution in [2.75, 3.05) is 13.1 Å². The molecule has 2 atom stereocenters. The van der Waals surface area contributed by atoms with E-state index in [2.05, 4.69) is 11.0 Å². The molecule has 1 saturated carbocycles. The van der Waals surface area contributed by atoms with E-state index in [0.29, 0.717) is 0 Å². The lowest BCUT2D eigenvalue weighted by Gasteiger charge is -2.32. The Labute approximate surface area is 72.6 Å². The Hall–Kier alpha value is -0.590. The fourth-order valence-corrected chi connectivity index (χ4v) is 1.86. The van der Waals surface area contributed by atoms with Crippen molar-refractivity contribution in [2.24, 2.45) is 5.92 Å². The van der Waals surface area contributed by atoms with E-state index in [9.17, 15) is 5.11 Å².